The molecule has 6 N–H and O–H groups in total. The van der Waals surface area contributed by atoms with Gasteiger partial charge in [0.2, 0.25) is 0 Å². The zero-order valence-corrected chi connectivity index (χ0v) is 25.2. The third-order valence-electron chi connectivity index (χ3n) is 7.07. The molecular weight excluding hydrogens is 580 g/mol. The highest BCUT2D eigenvalue weighted by Gasteiger charge is 2.36. The first-order chi connectivity index (χ1) is 20.1. The summed E-state index contributed by atoms with van der Waals surface area (Å²) in [4.78, 5) is 37.8. The highest BCUT2D eigenvalue weighted by molar-refractivity contribution is 7.80. The van der Waals surface area contributed by atoms with E-state index >= 15 is 0 Å². The predicted octanol–water partition coefficient (Wildman–Crippen LogP) is 1.92. The van der Waals surface area contributed by atoms with Gasteiger partial charge in [-0.3, -0.25) is 14.3 Å². The van der Waals surface area contributed by atoms with Gasteiger partial charge in [0.1, 0.15) is 17.9 Å². The van der Waals surface area contributed by atoms with Crippen molar-refractivity contribution in [1.29, 1.82) is 0 Å². The van der Waals surface area contributed by atoms with Gasteiger partial charge < -0.3 is 35.5 Å². The summed E-state index contributed by atoms with van der Waals surface area (Å²) in [5.41, 5.74) is 1.16. The molecule has 3 heterocycles. The maximum atomic E-state index is 12.2. The SMILES string of the molecule is Cc1cn([C@H]2C[C@H](NC(=S)NCCCCCCNC(=S)Nc3ccc4c(C)cc(=O)oc4c3)[C@@H](CO)O2)c(=O)[nH]c1=O. The molecule has 0 aliphatic carbocycles. The third-order valence-corrected chi connectivity index (χ3v) is 7.58. The summed E-state index contributed by atoms with van der Waals surface area (Å²) in [6.07, 6.45) is 4.57. The van der Waals surface area contributed by atoms with Crippen molar-refractivity contribution in [2.24, 2.45) is 0 Å². The Morgan fingerprint density at radius 2 is 1.74 bits per heavy atom. The smallest absolute Gasteiger partial charge is 0.336 e. The number of hydrogen-bond acceptors (Lipinski definition) is 8. The molecule has 1 aliphatic heterocycles. The van der Waals surface area contributed by atoms with Crippen molar-refractivity contribution in [3.63, 3.8) is 0 Å². The maximum absolute atomic E-state index is 12.2. The summed E-state index contributed by atoms with van der Waals surface area (Å²) in [7, 11) is 0. The Morgan fingerprint density at radius 1 is 1.02 bits per heavy atom. The van der Waals surface area contributed by atoms with Crippen molar-refractivity contribution >= 4 is 51.3 Å². The van der Waals surface area contributed by atoms with Crippen LogP contribution in [0.25, 0.3) is 11.0 Å². The number of aromatic nitrogens is 2. The van der Waals surface area contributed by atoms with Crippen LogP contribution in [0, 0.1) is 13.8 Å². The van der Waals surface area contributed by atoms with Gasteiger partial charge in [-0.2, -0.15) is 0 Å². The van der Waals surface area contributed by atoms with E-state index in [1.54, 1.807) is 13.0 Å². The molecule has 0 amide bonds. The van der Waals surface area contributed by atoms with Gasteiger partial charge in [-0.05, 0) is 68.8 Å². The van der Waals surface area contributed by atoms with Crippen LogP contribution in [0.15, 0.2) is 49.3 Å². The fraction of sp³-hybridized carbons (Fsp3) is 0.464. The van der Waals surface area contributed by atoms with Gasteiger partial charge in [0, 0.05) is 54.5 Å². The van der Waals surface area contributed by atoms with Crippen LogP contribution in [0.4, 0.5) is 5.69 Å². The first-order valence-corrected chi connectivity index (χ1v) is 14.7. The molecule has 3 aromatic rings. The molecule has 0 spiro atoms. The average molecular weight is 617 g/mol. The summed E-state index contributed by atoms with van der Waals surface area (Å²) in [5.74, 6) is 0. The molecule has 0 bridgehead atoms. The van der Waals surface area contributed by atoms with Crippen LogP contribution in [-0.4, -0.2) is 56.7 Å². The first-order valence-electron chi connectivity index (χ1n) is 13.9. The fourth-order valence-electron chi connectivity index (χ4n) is 4.83. The van der Waals surface area contributed by atoms with Crippen molar-refractivity contribution < 1.29 is 14.3 Å². The van der Waals surface area contributed by atoms with E-state index in [4.69, 9.17) is 33.6 Å². The molecule has 1 aromatic carbocycles. The number of unbranched alkanes of at least 4 members (excludes halogenated alkanes) is 3. The normalized spacial score (nSPS) is 18.1. The van der Waals surface area contributed by atoms with E-state index in [1.165, 1.54) is 16.8 Å². The molecule has 12 nitrogen and oxygen atoms in total. The zero-order chi connectivity index (χ0) is 30.2. The Balaban J connectivity index is 1.10. The van der Waals surface area contributed by atoms with Gasteiger partial charge in [-0.1, -0.05) is 12.8 Å². The number of anilines is 1. The quantitative estimate of drug-likeness (QED) is 0.106. The molecule has 1 fully saturated rings. The van der Waals surface area contributed by atoms with Crippen molar-refractivity contribution in [3.8, 4) is 0 Å². The Bertz CT molecular complexity index is 1600. The number of fused-ring (bicyclic) bond motifs is 1. The molecule has 0 saturated carbocycles. The second kappa shape index (κ2) is 14.5. The number of thiocarbonyl (C=S) groups is 2. The Labute approximate surface area is 252 Å². The lowest BCUT2D eigenvalue weighted by Crippen LogP contribution is -2.46. The van der Waals surface area contributed by atoms with E-state index in [9.17, 15) is 19.5 Å². The first kappa shape index (κ1) is 31.3. The van der Waals surface area contributed by atoms with Crippen molar-refractivity contribution in [3.05, 3.63) is 72.8 Å². The van der Waals surface area contributed by atoms with Crippen LogP contribution in [0.2, 0.25) is 0 Å². The minimum Gasteiger partial charge on any atom is -0.423 e. The summed E-state index contributed by atoms with van der Waals surface area (Å²) in [6.45, 7) is 4.67. The number of nitrogens with zero attached hydrogens (tertiary/aromatic N) is 1. The number of benzene rings is 1. The van der Waals surface area contributed by atoms with E-state index in [2.05, 4.69) is 26.3 Å². The molecule has 0 unspecified atom stereocenters. The van der Waals surface area contributed by atoms with Crippen LogP contribution < -0.4 is 38.1 Å². The molecule has 4 rings (SSSR count). The van der Waals surface area contributed by atoms with E-state index < -0.39 is 23.6 Å². The maximum Gasteiger partial charge on any atom is 0.336 e. The van der Waals surface area contributed by atoms with Gasteiger partial charge in [-0.15, -0.1) is 0 Å². The highest BCUT2D eigenvalue weighted by Crippen LogP contribution is 2.27. The van der Waals surface area contributed by atoms with Crippen molar-refractivity contribution in [1.82, 2.24) is 25.5 Å². The minimum absolute atomic E-state index is 0.235. The van der Waals surface area contributed by atoms with Crippen molar-refractivity contribution in [2.75, 3.05) is 25.0 Å². The highest BCUT2D eigenvalue weighted by atomic mass is 32.1. The van der Waals surface area contributed by atoms with Crippen molar-refractivity contribution in [2.45, 2.75) is 64.3 Å². The Hall–Kier alpha value is -3.59. The lowest BCUT2D eigenvalue weighted by atomic mass is 10.1. The number of aliphatic hydroxyl groups excluding tert-OH is 1. The van der Waals surface area contributed by atoms with E-state index in [0.717, 1.165) is 48.9 Å². The molecule has 1 aliphatic rings. The topological polar surface area (TPSA) is 163 Å². The fourth-order valence-corrected chi connectivity index (χ4v) is 5.30. The number of aliphatic hydroxyl groups is 1. The van der Waals surface area contributed by atoms with Gasteiger partial charge in [-0.25, -0.2) is 9.59 Å². The number of hydrogen-bond donors (Lipinski definition) is 6. The van der Waals surface area contributed by atoms with Gasteiger partial charge in [0.15, 0.2) is 10.2 Å². The monoisotopic (exact) mass is 616 g/mol. The standard InChI is InChI=1S/C28H36N6O6S2/c1-16-11-24(36)40-21-12-18(7-8-19(16)21)31-26(41)29-9-5-3-4-6-10-30-27(42)32-20-13-23(39-22(20)15-35)34-14-17(2)25(37)33-28(34)38/h7-8,11-12,14,20,22-23,35H,3-6,9-10,13,15H2,1-2H3,(H2,29,31,41)(H2,30,32,42)(H,33,37,38)/t20-,22+,23+/m0/s1. The summed E-state index contributed by atoms with van der Waals surface area (Å²) in [5, 5.41) is 24.3. The number of ether oxygens (including phenoxy) is 1. The molecule has 2 aromatic heterocycles. The molecule has 14 heteroatoms. The van der Waals surface area contributed by atoms with E-state index in [-0.39, 0.29) is 18.3 Å². The Kier molecular flexibility index (Phi) is 10.8. The van der Waals surface area contributed by atoms with Crippen LogP contribution in [0.5, 0.6) is 0 Å². The summed E-state index contributed by atoms with van der Waals surface area (Å²) >= 11 is 10.8. The van der Waals surface area contributed by atoms with Crippen LogP contribution >= 0.6 is 24.4 Å². The van der Waals surface area contributed by atoms with E-state index in [1.807, 2.05) is 19.1 Å². The average Bonchev–Trinajstić information content (AvgIpc) is 3.34. The van der Waals surface area contributed by atoms with Gasteiger partial charge in [0.25, 0.3) is 5.56 Å². The number of H-pyrrole nitrogens is 1. The summed E-state index contributed by atoms with van der Waals surface area (Å²) < 4.78 is 12.5. The third kappa shape index (κ3) is 8.25. The van der Waals surface area contributed by atoms with E-state index in [0.29, 0.717) is 34.3 Å². The molecular formula is C28H36N6O6S2. The zero-order valence-electron chi connectivity index (χ0n) is 23.5. The number of aryl methyl sites for hydroxylation is 2. The molecule has 3 atom stereocenters. The lowest BCUT2D eigenvalue weighted by Gasteiger charge is -2.19. The number of rotatable bonds is 11. The Morgan fingerprint density at radius 3 is 2.45 bits per heavy atom. The molecule has 42 heavy (non-hydrogen) atoms. The predicted molar refractivity (Wildman–Crippen MR) is 169 cm³/mol. The second-order valence-corrected chi connectivity index (χ2v) is 11.1. The molecule has 226 valence electrons. The van der Waals surface area contributed by atoms with Gasteiger partial charge >= 0.3 is 11.3 Å². The van der Waals surface area contributed by atoms with Crippen LogP contribution in [-0.2, 0) is 4.74 Å². The minimum atomic E-state index is -0.624. The van der Waals surface area contributed by atoms with Crippen LogP contribution in [0.3, 0.4) is 0 Å². The lowest BCUT2D eigenvalue weighted by molar-refractivity contribution is -0.0281. The van der Waals surface area contributed by atoms with Crippen LogP contribution in [0.1, 0.15) is 49.5 Å². The molecule has 1 saturated heterocycles. The summed E-state index contributed by atoms with van der Waals surface area (Å²) in [6, 6.07) is 6.74. The number of nitrogens with one attached hydrogen (secondary N) is 5. The largest absolute Gasteiger partial charge is 0.423 e. The second-order valence-electron chi connectivity index (χ2n) is 10.3. The van der Waals surface area contributed by atoms with Gasteiger partial charge in [0.05, 0.1) is 12.6 Å². The molecule has 0 radical (unpaired) electrons. The number of aromatic amines is 1.